The number of aromatic nitrogens is 2. The zero-order valence-corrected chi connectivity index (χ0v) is 11.4. The van der Waals surface area contributed by atoms with Crippen LogP contribution in [0, 0.1) is 6.92 Å². The van der Waals surface area contributed by atoms with E-state index in [2.05, 4.69) is 35.6 Å². The third kappa shape index (κ3) is 3.49. The first-order chi connectivity index (χ1) is 7.65. The molecule has 0 radical (unpaired) electrons. The largest absolute Gasteiger partial charge is 0.340 e. The molecule has 0 aliphatic carbocycles. The predicted octanol–water partition coefficient (Wildman–Crippen LogP) is 2.39. The predicted molar refractivity (Wildman–Crippen MR) is 67.6 cm³/mol. The lowest BCUT2D eigenvalue weighted by Gasteiger charge is -2.29. The summed E-state index contributed by atoms with van der Waals surface area (Å²) >= 11 is 1.93. The lowest BCUT2D eigenvalue weighted by Crippen LogP contribution is -2.36. The van der Waals surface area contributed by atoms with Crippen molar-refractivity contribution in [2.45, 2.75) is 44.9 Å². The van der Waals surface area contributed by atoms with E-state index in [0.29, 0.717) is 17.2 Å². The third-order valence-electron chi connectivity index (χ3n) is 3.02. The summed E-state index contributed by atoms with van der Waals surface area (Å²) in [7, 11) is 0. The zero-order chi connectivity index (χ0) is 12.0. The highest BCUT2D eigenvalue weighted by Gasteiger charge is 2.24. The topological polar surface area (TPSA) is 51.0 Å². The Morgan fingerprint density at radius 2 is 2.06 bits per heavy atom. The number of aryl methyl sites for hydroxylation is 1. The van der Waals surface area contributed by atoms with Crippen molar-refractivity contribution in [2.24, 2.45) is 0 Å². The van der Waals surface area contributed by atoms with E-state index in [-0.39, 0.29) is 0 Å². The molecule has 0 aliphatic heterocycles. The van der Waals surface area contributed by atoms with Gasteiger partial charge in [0.15, 0.2) is 5.82 Å². The minimum Gasteiger partial charge on any atom is -0.340 e. The quantitative estimate of drug-likeness (QED) is 0.797. The molecule has 0 bridgehead atoms. The molecule has 1 aromatic rings. The summed E-state index contributed by atoms with van der Waals surface area (Å²) in [5.74, 6) is 1.36. The molecule has 0 fully saturated rings. The Bertz CT molecular complexity index is 302. The van der Waals surface area contributed by atoms with Crippen molar-refractivity contribution in [3.05, 3.63) is 11.7 Å². The summed E-state index contributed by atoms with van der Waals surface area (Å²) in [4.78, 5) is 4.16. The van der Waals surface area contributed by atoms with E-state index in [1.165, 1.54) is 12.8 Å². The smallest absolute Gasteiger partial charge is 0.223 e. The van der Waals surface area contributed by atoms with Crippen LogP contribution in [0.25, 0.3) is 0 Å². The van der Waals surface area contributed by atoms with Gasteiger partial charge in [-0.3, -0.25) is 0 Å². The number of rotatable bonds is 7. The molecular formula is C11H21N3OS. The van der Waals surface area contributed by atoms with Crippen LogP contribution in [0.2, 0.25) is 0 Å². The summed E-state index contributed by atoms with van der Waals surface area (Å²) in [5, 5.41) is 7.26. The molecule has 0 saturated heterocycles. The van der Waals surface area contributed by atoms with E-state index >= 15 is 0 Å². The number of thioether (sulfide) groups is 1. The standard InChI is InChI=1S/C11H21N3OS/c1-5-11(6-2,16-4)8-12-7-10-13-9(3)15-14-10/h12H,5-8H2,1-4H3. The van der Waals surface area contributed by atoms with Crippen molar-refractivity contribution in [3.8, 4) is 0 Å². The molecular weight excluding hydrogens is 222 g/mol. The van der Waals surface area contributed by atoms with E-state index in [9.17, 15) is 0 Å². The van der Waals surface area contributed by atoms with E-state index in [1.54, 1.807) is 6.92 Å². The maximum absolute atomic E-state index is 4.92. The van der Waals surface area contributed by atoms with Crippen LogP contribution in [0.1, 0.15) is 38.4 Å². The Kier molecular flexibility index (Phi) is 5.28. The monoisotopic (exact) mass is 243 g/mol. The van der Waals surface area contributed by atoms with Gasteiger partial charge in [-0.1, -0.05) is 19.0 Å². The van der Waals surface area contributed by atoms with Crippen LogP contribution in [-0.2, 0) is 6.54 Å². The van der Waals surface area contributed by atoms with Gasteiger partial charge in [-0.25, -0.2) is 0 Å². The summed E-state index contributed by atoms with van der Waals surface area (Å²) in [6.45, 7) is 7.94. The Labute approximate surface area is 102 Å². The van der Waals surface area contributed by atoms with E-state index in [0.717, 1.165) is 12.4 Å². The fourth-order valence-corrected chi connectivity index (χ4v) is 2.50. The van der Waals surface area contributed by atoms with Crippen molar-refractivity contribution in [1.29, 1.82) is 0 Å². The number of hydrogen-bond donors (Lipinski definition) is 1. The van der Waals surface area contributed by atoms with Crippen molar-refractivity contribution in [2.75, 3.05) is 12.8 Å². The van der Waals surface area contributed by atoms with Crippen LogP contribution in [-0.4, -0.2) is 27.7 Å². The Morgan fingerprint density at radius 3 is 2.50 bits per heavy atom. The number of nitrogens with zero attached hydrogens (tertiary/aromatic N) is 2. The maximum Gasteiger partial charge on any atom is 0.223 e. The SMILES string of the molecule is CCC(CC)(CNCc1noc(C)n1)SC. The van der Waals surface area contributed by atoms with E-state index < -0.39 is 0 Å². The molecule has 1 aromatic heterocycles. The van der Waals surface area contributed by atoms with Crippen molar-refractivity contribution in [3.63, 3.8) is 0 Å². The maximum atomic E-state index is 4.92. The fourth-order valence-electron chi connectivity index (χ4n) is 1.68. The molecule has 5 heteroatoms. The molecule has 92 valence electrons. The average Bonchev–Trinajstić information content (AvgIpc) is 2.71. The van der Waals surface area contributed by atoms with Gasteiger partial charge >= 0.3 is 0 Å². The second-order valence-corrected chi connectivity index (χ2v) is 5.20. The van der Waals surface area contributed by atoms with Crippen LogP contribution >= 0.6 is 11.8 Å². The molecule has 0 atom stereocenters. The molecule has 0 aliphatic rings. The first kappa shape index (κ1) is 13.5. The van der Waals surface area contributed by atoms with Crippen LogP contribution in [0.4, 0.5) is 0 Å². The molecule has 1 heterocycles. The summed E-state index contributed by atoms with van der Waals surface area (Å²) in [6.07, 6.45) is 4.51. The summed E-state index contributed by atoms with van der Waals surface area (Å²) < 4.78 is 5.25. The molecule has 0 spiro atoms. The Balaban J connectivity index is 2.39. The van der Waals surface area contributed by atoms with Crippen LogP contribution in [0.3, 0.4) is 0 Å². The zero-order valence-electron chi connectivity index (χ0n) is 10.5. The van der Waals surface area contributed by atoms with Gasteiger partial charge in [-0.05, 0) is 19.1 Å². The van der Waals surface area contributed by atoms with E-state index in [1.807, 2.05) is 11.8 Å². The van der Waals surface area contributed by atoms with Gasteiger partial charge in [0.1, 0.15) is 0 Å². The molecule has 0 unspecified atom stereocenters. The minimum atomic E-state index is 0.332. The highest BCUT2D eigenvalue weighted by molar-refractivity contribution is 8.00. The third-order valence-corrected chi connectivity index (χ3v) is 4.61. The van der Waals surface area contributed by atoms with Gasteiger partial charge in [0.2, 0.25) is 5.89 Å². The number of nitrogens with one attached hydrogen (secondary N) is 1. The van der Waals surface area contributed by atoms with Gasteiger partial charge < -0.3 is 9.84 Å². The van der Waals surface area contributed by atoms with Gasteiger partial charge in [-0.2, -0.15) is 16.7 Å². The van der Waals surface area contributed by atoms with Crippen molar-refractivity contribution in [1.82, 2.24) is 15.5 Å². The first-order valence-corrected chi connectivity index (χ1v) is 6.93. The number of hydrogen-bond acceptors (Lipinski definition) is 5. The Hall–Kier alpha value is -0.550. The molecule has 1 N–H and O–H groups in total. The molecule has 0 amide bonds. The second kappa shape index (κ2) is 6.25. The summed E-state index contributed by atoms with van der Waals surface area (Å²) in [6, 6.07) is 0. The summed E-state index contributed by atoms with van der Waals surface area (Å²) in [5.41, 5.74) is 0. The molecule has 0 saturated carbocycles. The normalized spacial score (nSPS) is 12.0. The second-order valence-electron chi connectivity index (χ2n) is 3.93. The highest BCUT2D eigenvalue weighted by atomic mass is 32.2. The lowest BCUT2D eigenvalue weighted by atomic mass is 10.0. The molecule has 1 rings (SSSR count). The van der Waals surface area contributed by atoms with Gasteiger partial charge in [-0.15, -0.1) is 0 Å². The van der Waals surface area contributed by atoms with Crippen LogP contribution < -0.4 is 5.32 Å². The first-order valence-electron chi connectivity index (χ1n) is 5.71. The van der Waals surface area contributed by atoms with E-state index in [4.69, 9.17) is 4.52 Å². The fraction of sp³-hybridized carbons (Fsp3) is 0.818. The van der Waals surface area contributed by atoms with Crippen molar-refractivity contribution < 1.29 is 4.52 Å². The highest BCUT2D eigenvalue weighted by Crippen LogP contribution is 2.29. The van der Waals surface area contributed by atoms with Gasteiger partial charge in [0, 0.05) is 18.2 Å². The Morgan fingerprint density at radius 1 is 1.38 bits per heavy atom. The van der Waals surface area contributed by atoms with Gasteiger partial charge in [0.25, 0.3) is 0 Å². The van der Waals surface area contributed by atoms with Crippen LogP contribution in [0.5, 0.6) is 0 Å². The van der Waals surface area contributed by atoms with Crippen molar-refractivity contribution >= 4 is 11.8 Å². The lowest BCUT2D eigenvalue weighted by molar-refractivity contribution is 0.384. The van der Waals surface area contributed by atoms with Gasteiger partial charge in [0.05, 0.1) is 6.54 Å². The molecule has 16 heavy (non-hydrogen) atoms. The minimum absolute atomic E-state index is 0.332. The molecule has 4 nitrogen and oxygen atoms in total. The van der Waals surface area contributed by atoms with Crippen LogP contribution in [0.15, 0.2) is 4.52 Å². The molecule has 0 aromatic carbocycles. The average molecular weight is 243 g/mol.